The molecule has 1 amide bonds. The molecule has 0 saturated carbocycles. The van der Waals surface area contributed by atoms with Gasteiger partial charge in [-0.05, 0) is 40.2 Å². The van der Waals surface area contributed by atoms with E-state index in [0.717, 1.165) is 10.2 Å². The van der Waals surface area contributed by atoms with Crippen molar-refractivity contribution in [3.63, 3.8) is 0 Å². The van der Waals surface area contributed by atoms with Gasteiger partial charge in [0.15, 0.2) is 0 Å². The summed E-state index contributed by atoms with van der Waals surface area (Å²) < 4.78 is 2.53. The summed E-state index contributed by atoms with van der Waals surface area (Å²) in [6.45, 7) is 0.339. The summed E-state index contributed by atoms with van der Waals surface area (Å²) in [7, 11) is 1.81. The number of aromatic amines is 1. The summed E-state index contributed by atoms with van der Waals surface area (Å²) in [5.41, 5.74) is 2.48. The Bertz CT molecular complexity index is 886. The van der Waals surface area contributed by atoms with Gasteiger partial charge in [0.05, 0.1) is 33.6 Å². The van der Waals surface area contributed by atoms with Crippen molar-refractivity contribution in [2.24, 2.45) is 7.05 Å². The molecular formula is C15H12BrCl2N5O. The lowest BCUT2D eigenvalue weighted by Crippen LogP contribution is -2.24. The number of hydrogen-bond donors (Lipinski definition) is 2. The minimum atomic E-state index is -0.271. The standard InChI is InChI=1S/C15H12BrCl2N5O/c1-23-14(10(16)6-20-23)7-19-15(24)13-5-12(21-22-13)9-3-2-8(17)4-11(9)18/h2-6H,7H2,1H3,(H,19,24)(H,21,22). The Labute approximate surface area is 156 Å². The number of benzene rings is 1. The molecule has 0 aliphatic rings. The molecule has 2 heterocycles. The number of aromatic nitrogens is 4. The number of aryl methyl sites for hydroxylation is 1. The van der Waals surface area contributed by atoms with Crippen molar-refractivity contribution in [3.05, 3.63) is 56.4 Å². The zero-order valence-corrected chi connectivity index (χ0v) is 15.6. The zero-order valence-electron chi connectivity index (χ0n) is 12.5. The van der Waals surface area contributed by atoms with Crippen molar-refractivity contribution < 1.29 is 4.79 Å². The van der Waals surface area contributed by atoms with E-state index in [9.17, 15) is 4.79 Å². The van der Waals surface area contributed by atoms with Crippen molar-refractivity contribution in [3.8, 4) is 11.3 Å². The van der Waals surface area contributed by atoms with Crippen LogP contribution in [0.1, 0.15) is 16.2 Å². The molecule has 0 saturated heterocycles. The molecule has 0 radical (unpaired) electrons. The number of rotatable bonds is 4. The van der Waals surface area contributed by atoms with Crippen LogP contribution in [0.3, 0.4) is 0 Å². The molecule has 9 heteroatoms. The first-order valence-corrected chi connectivity index (χ1v) is 8.46. The topological polar surface area (TPSA) is 75.6 Å². The fourth-order valence-electron chi connectivity index (χ4n) is 2.17. The molecule has 24 heavy (non-hydrogen) atoms. The maximum atomic E-state index is 12.3. The van der Waals surface area contributed by atoms with Crippen molar-refractivity contribution in [2.75, 3.05) is 0 Å². The van der Waals surface area contributed by atoms with Gasteiger partial charge in [-0.3, -0.25) is 14.6 Å². The van der Waals surface area contributed by atoms with Crippen LogP contribution in [0.2, 0.25) is 10.0 Å². The first-order chi connectivity index (χ1) is 11.5. The number of H-pyrrole nitrogens is 1. The SMILES string of the molecule is Cn1ncc(Br)c1CNC(=O)c1cc(-c2ccc(Cl)cc2Cl)n[nH]1. The summed E-state index contributed by atoms with van der Waals surface area (Å²) in [5.74, 6) is -0.271. The molecule has 2 aromatic heterocycles. The van der Waals surface area contributed by atoms with Gasteiger partial charge >= 0.3 is 0 Å². The van der Waals surface area contributed by atoms with Gasteiger partial charge in [0.2, 0.25) is 0 Å². The van der Waals surface area contributed by atoms with Gasteiger partial charge in [0.25, 0.3) is 5.91 Å². The van der Waals surface area contributed by atoms with Crippen LogP contribution in [-0.2, 0) is 13.6 Å². The second-order valence-corrected chi connectivity index (χ2v) is 6.73. The number of nitrogens with zero attached hydrogens (tertiary/aromatic N) is 3. The molecule has 0 unspecified atom stereocenters. The summed E-state index contributed by atoms with van der Waals surface area (Å²) in [5, 5.41) is 14.8. The van der Waals surface area contributed by atoms with E-state index < -0.39 is 0 Å². The number of carbonyl (C=O) groups excluding carboxylic acids is 1. The third-order valence-corrected chi connectivity index (χ3v) is 4.67. The van der Waals surface area contributed by atoms with Crippen molar-refractivity contribution in [1.82, 2.24) is 25.3 Å². The minimum Gasteiger partial charge on any atom is -0.345 e. The summed E-state index contributed by atoms with van der Waals surface area (Å²) in [6.07, 6.45) is 1.68. The van der Waals surface area contributed by atoms with Crippen LogP contribution in [0, 0.1) is 0 Å². The smallest absolute Gasteiger partial charge is 0.269 e. The Morgan fingerprint density at radius 1 is 1.38 bits per heavy atom. The van der Waals surface area contributed by atoms with Crippen LogP contribution in [0.5, 0.6) is 0 Å². The first kappa shape index (κ1) is 17.0. The molecule has 2 N–H and O–H groups in total. The number of amides is 1. The molecule has 3 aromatic rings. The van der Waals surface area contributed by atoms with Gasteiger partial charge in [0.1, 0.15) is 5.69 Å². The Hall–Kier alpha value is -1.83. The number of nitrogens with one attached hydrogen (secondary N) is 2. The van der Waals surface area contributed by atoms with E-state index in [1.54, 1.807) is 35.1 Å². The van der Waals surface area contributed by atoms with Crippen LogP contribution in [0.4, 0.5) is 0 Å². The van der Waals surface area contributed by atoms with E-state index >= 15 is 0 Å². The van der Waals surface area contributed by atoms with Crippen LogP contribution < -0.4 is 5.32 Å². The maximum Gasteiger partial charge on any atom is 0.269 e. The van der Waals surface area contributed by atoms with Gasteiger partial charge in [0, 0.05) is 17.6 Å². The van der Waals surface area contributed by atoms with Gasteiger partial charge < -0.3 is 5.32 Å². The van der Waals surface area contributed by atoms with Crippen LogP contribution >= 0.6 is 39.1 Å². The molecular weight excluding hydrogens is 417 g/mol. The largest absolute Gasteiger partial charge is 0.345 e. The summed E-state index contributed by atoms with van der Waals surface area (Å²) in [4.78, 5) is 12.3. The van der Waals surface area contributed by atoms with E-state index in [4.69, 9.17) is 23.2 Å². The highest BCUT2D eigenvalue weighted by molar-refractivity contribution is 9.10. The van der Waals surface area contributed by atoms with Crippen molar-refractivity contribution >= 4 is 45.0 Å². The molecule has 0 spiro atoms. The minimum absolute atomic E-state index is 0.271. The van der Waals surface area contributed by atoms with Gasteiger partial charge in [-0.2, -0.15) is 10.2 Å². The maximum absolute atomic E-state index is 12.3. The van der Waals surface area contributed by atoms with E-state index in [0.29, 0.717) is 33.5 Å². The normalized spacial score (nSPS) is 10.8. The lowest BCUT2D eigenvalue weighted by atomic mass is 10.1. The fraction of sp³-hybridized carbons (Fsp3) is 0.133. The molecule has 6 nitrogen and oxygen atoms in total. The highest BCUT2D eigenvalue weighted by atomic mass is 79.9. The predicted octanol–water partition coefficient (Wildman–Crippen LogP) is 3.81. The Kier molecular flexibility index (Phi) is 4.93. The number of halogens is 3. The molecule has 0 aliphatic heterocycles. The van der Waals surface area contributed by atoms with E-state index in [1.165, 1.54) is 0 Å². The quantitative estimate of drug-likeness (QED) is 0.663. The summed E-state index contributed by atoms with van der Waals surface area (Å²) in [6, 6.07) is 6.75. The number of hydrogen-bond acceptors (Lipinski definition) is 3. The molecule has 1 aromatic carbocycles. The molecule has 0 atom stereocenters. The highest BCUT2D eigenvalue weighted by Crippen LogP contribution is 2.29. The molecule has 0 bridgehead atoms. The zero-order chi connectivity index (χ0) is 17.3. The second-order valence-electron chi connectivity index (χ2n) is 5.04. The van der Waals surface area contributed by atoms with E-state index in [2.05, 4.69) is 36.5 Å². The average molecular weight is 429 g/mol. The van der Waals surface area contributed by atoms with Crippen LogP contribution in [-0.4, -0.2) is 25.9 Å². The summed E-state index contributed by atoms with van der Waals surface area (Å²) >= 11 is 15.4. The highest BCUT2D eigenvalue weighted by Gasteiger charge is 2.14. The molecule has 3 rings (SSSR count). The lowest BCUT2D eigenvalue weighted by Gasteiger charge is -2.04. The Morgan fingerprint density at radius 2 is 2.17 bits per heavy atom. The van der Waals surface area contributed by atoms with Gasteiger partial charge in [-0.25, -0.2) is 0 Å². The van der Waals surface area contributed by atoms with Crippen LogP contribution in [0.25, 0.3) is 11.3 Å². The first-order valence-electron chi connectivity index (χ1n) is 6.91. The molecule has 0 aliphatic carbocycles. The molecule has 124 valence electrons. The molecule has 0 fully saturated rings. The van der Waals surface area contributed by atoms with E-state index in [-0.39, 0.29) is 5.91 Å². The third kappa shape index (κ3) is 3.48. The Morgan fingerprint density at radius 3 is 2.83 bits per heavy atom. The second kappa shape index (κ2) is 6.96. The fourth-order valence-corrected chi connectivity index (χ4v) is 3.16. The van der Waals surface area contributed by atoms with Crippen molar-refractivity contribution in [1.29, 1.82) is 0 Å². The van der Waals surface area contributed by atoms with Gasteiger partial charge in [-0.1, -0.05) is 23.2 Å². The van der Waals surface area contributed by atoms with Crippen LogP contribution in [0.15, 0.2) is 34.9 Å². The Balaban J connectivity index is 1.74. The van der Waals surface area contributed by atoms with Gasteiger partial charge in [-0.15, -0.1) is 0 Å². The number of carbonyl (C=O) groups is 1. The third-order valence-electron chi connectivity index (χ3n) is 3.46. The predicted molar refractivity (Wildman–Crippen MR) is 96.1 cm³/mol. The lowest BCUT2D eigenvalue weighted by molar-refractivity contribution is 0.0945. The van der Waals surface area contributed by atoms with Crippen molar-refractivity contribution in [2.45, 2.75) is 6.54 Å². The van der Waals surface area contributed by atoms with E-state index in [1.807, 2.05) is 7.05 Å². The monoisotopic (exact) mass is 427 g/mol. The average Bonchev–Trinajstić information content (AvgIpc) is 3.13.